The standard InChI is InChI=1S/C19H17FN5O2/c1-22-6-8-23(9-7-22)13-3-4-14-16(11-13)24-19(18(14)26)21-15-5-2-12(20)10-17(15)25(24)27/h2-5,10-11H,6-9H2,1H3/q+1. The fourth-order valence-electron chi connectivity index (χ4n) is 3.73. The Hall–Kier alpha value is -3.13. The van der Waals surface area contributed by atoms with Gasteiger partial charge in [-0.3, -0.25) is 4.79 Å². The van der Waals surface area contributed by atoms with Gasteiger partial charge in [0.1, 0.15) is 17.0 Å². The molecule has 7 nitrogen and oxygen atoms in total. The number of nitrogens with zero attached hydrogens (tertiary/aromatic N) is 5. The van der Waals surface area contributed by atoms with Crippen molar-refractivity contribution < 1.29 is 13.7 Å². The molecule has 0 spiro atoms. The number of hydrogen-bond donors (Lipinski definition) is 0. The number of rotatable bonds is 1. The maximum atomic E-state index is 13.6. The summed E-state index contributed by atoms with van der Waals surface area (Å²) in [4.78, 5) is 34.5. The highest BCUT2D eigenvalue weighted by molar-refractivity contribution is 6.13. The average Bonchev–Trinajstić information content (AvgIpc) is 2.95. The highest BCUT2D eigenvalue weighted by Gasteiger charge is 2.36. The first-order chi connectivity index (χ1) is 13.0. The number of fused-ring (bicyclic) bond motifs is 4. The molecule has 2 aliphatic heterocycles. The van der Waals surface area contributed by atoms with Gasteiger partial charge in [-0.15, -0.1) is 0 Å². The Morgan fingerprint density at radius 2 is 1.85 bits per heavy atom. The highest BCUT2D eigenvalue weighted by Crippen LogP contribution is 2.30. The maximum absolute atomic E-state index is 13.6. The van der Waals surface area contributed by atoms with Crippen molar-refractivity contribution in [2.24, 2.45) is 0 Å². The van der Waals surface area contributed by atoms with Crippen molar-refractivity contribution in [1.29, 1.82) is 0 Å². The first-order valence-electron chi connectivity index (χ1n) is 8.81. The minimum absolute atomic E-state index is 0.0506. The van der Waals surface area contributed by atoms with Crippen molar-refractivity contribution >= 4 is 22.5 Å². The molecule has 0 bridgehead atoms. The van der Waals surface area contributed by atoms with Gasteiger partial charge in [0.15, 0.2) is 4.54 Å². The third-order valence-electron chi connectivity index (χ3n) is 5.28. The lowest BCUT2D eigenvalue weighted by molar-refractivity contribution is -0.559. The van der Waals surface area contributed by atoms with Gasteiger partial charge in [-0.1, -0.05) is 0 Å². The molecule has 1 aromatic heterocycles. The summed E-state index contributed by atoms with van der Waals surface area (Å²) in [5.41, 5.74) is 2.25. The van der Waals surface area contributed by atoms with Crippen LogP contribution in [0.15, 0.2) is 36.4 Å². The first kappa shape index (κ1) is 16.1. The number of carbonyl (C=O) groups is 1. The molecule has 2 aliphatic rings. The van der Waals surface area contributed by atoms with E-state index in [2.05, 4.69) is 21.8 Å². The molecular weight excluding hydrogens is 349 g/mol. The largest absolute Gasteiger partial charge is 0.369 e. The number of anilines is 1. The molecule has 1 fully saturated rings. The molecule has 0 radical (unpaired) electrons. The van der Waals surface area contributed by atoms with Crippen LogP contribution in [0.1, 0.15) is 16.2 Å². The van der Waals surface area contributed by atoms with Crippen molar-refractivity contribution in [3.8, 4) is 5.69 Å². The number of hydrogen-bond acceptors (Lipinski definition) is 5. The van der Waals surface area contributed by atoms with Crippen molar-refractivity contribution in [3.05, 3.63) is 58.5 Å². The summed E-state index contributed by atoms with van der Waals surface area (Å²) in [6, 6.07) is 9.26. The summed E-state index contributed by atoms with van der Waals surface area (Å²) in [5.74, 6) is -0.773. The van der Waals surface area contributed by atoms with E-state index >= 15 is 0 Å². The number of likely N-dealkylation sites (N-methyl/N-ethyl adjacent to an activating group) is 1. The molecule has 2 aromatic carbocycles. The van der Waals surface area contributed by atoms with E-state index < -0.39 is 5.82 Å². The van der Waals surface area contributed by atoms with Gasteiger partial charge in [0.25, 0.3) is 0 Å². The van der Waals surface area contributed by atoms with Crippen LogP contribution < -0.4 is 9.44 Å². The number of aromatic nitrogens is 3. The fourth-order valence-corrected chi connectivity index (χ4v) is 3.73. The van der Waals surface area contributed by atoms with E-state index in [1.807, 2.05) is 12.1 Å². The SMILES string of the molecule is CN1CCN(c2ccc3c(c2)-n2c(nc4ccc(F)cc4[n+]2=O)C3=O)CC1. The molecule has 0 unspecified atom stereocenters. The lowest BCUT2D eigenvalue weighted by Crippen LogP contribution is -2.44. The molecule has 0 aliphatic carbocycles. The van der Waals surface area contributed by atoms with E-state index in [0.717, 1.165) is 37.9 Å². The Morgan fingerprint density at radius 1 is 1.07 bits per heavy atom. The van der Waals surface area contributed by atoms with Crippen LogP contribution in [0.25, 0.3) is 16.7 Å². The minimum atomic E-state index is -0.523. The first-order valence-corrected chi connectivity index (χ1v) is 8.81. The summed E-state index contributed by atoms with van der Waals surface area (Å²) in [7, 11) is 2.08. The predicted octanol–water partition coefficient (Wildman–Crippen LogP) is 1.38. The zero-order valence-electron chi connectivity index (χ0n) is 14.7. The molecule has 3 aromatic rings. The Labute approximate surface area is 153 Å². The van der Waals surface area contributed by atoms with Crippen LogP contribution in [-0.4, -0.2) is 53.6 Å². The fraction of sp³-hybridized carbons (Fsp3) is 0.263. The number of carbonyl (C=O) groups excluding carboxylic acids is 1. The molecule has 3 heterocycles. The zero-order chi connectivity index (χ0) is 18.7. The Balaban J connectivity index is 1.69. The molecule has 0 N–H and O–H groups in total. The Bertz CT molecular complexity index is 1160. The monoisotopic (exact) mass is 366 g/mol. The Morgan fingerprint density at radius 3 is 2.63 bits per heavy atom. The van der Waals surface area contributed by atoms with E-state index in [-0.39, 0.29) is 22.6 Å². The van der Waals surface area contributed by atoms with E-state index in [1.54, 1.807) is 6.07 Å². The minimum Gasteiger partial charge on any atom is -0.369 e. The number of halogens is 1. The third kappa shape index (κ3) is 2.37. The van der Waals surface area contributed by atoms with Crippen molar-refractivity contribution in [3.63, 3.8) is 0 Å². The topological polar surface area (TPSA) is 64.3 Å². The van der Waals surface area contributed by atoms with Crippen LogP contribution in [-0.2, 0) is 0 Å². The van der Waals surface area contributed by atoms with E-state index in [1.165, 1.54) is 16.8 Å². The molecule has 0 saturated carbocycles. The average molecular weight is 366 g/mol. The number of ketones is 1. The van der Waals surface area contributed by atoms with Gasteiger partial charge in [-0.2, -0.15) is 0 Å². The smallest absolute Gasteiger partial charge is 0.321 e. The number of piperazine rings is 1. The van der Waals surface area contributed by atoms with Crippen molar-refractivity contribution in [2.75, 3.05) is 38.1 Å². The maximum Gasteiger partial charge on any atom is 0.321 e. The van der Waals surface area contributed by atoms with Gasteiger partial charge in [-0.25, -0.2) is 9.37 Å². The molecule has 8 heteroatoms. The zero-order valence-corrected chi connectivity index (χ0v) is 14.7. The molecule has 1 saturated heterocycles. The van der Waals surface area contributed by atoms with Crippen LogP contribution in [0.2, 0.25) is 0 Å². The van der Waals surface area contributed by atoms with Crippen LogP contribution in [0, 0.1) is 10.7 Å². The van der Waals surface area contributed by atoms with E-state index in [9.17, 15) is 14.1 Å². The number of benzene rings is 2. The van der Waals surface area contributed by atoms with Gasteiger partial charge < -0.3 is 9.80 Å². The van der Waals surface area contributed by atoms with Crippen LogP contribution in [0.3, 0.4) is 0 Å². The van der Waals surface area contributed by atoms with E-state index in [4.69, 9.17) is 0 Å². The normalized spacial score (nSPS) is 16.7. The molecule has 136 valence electrons. The van der Waals surface area contributed by atoms with Crippen molar-refractivity contribution in [2.45, 2.75) is 0 Å². The van der Waals surface area contributed by atoms with Gasteiger partial charge in [0, 0.05) is 31.9 Å². The lowest BCUT2D eigenvalue weighted by Gasteiger charge is -2.34. The summed E-state index contributed by atoms with van der Waals surface area (Å²) < 4.78 is 15.4. The molecule has 27 heavy (non-hydrogen) atoms. The van der Waals surface area contributed by atoms with Gasteiger partial charge in [-0.05, 0) is 42.1 Å². The highest BCUT2D eigenvalue weighted by atomic mass is 19.1. The molecule has 5 rings (SSSR count). The van der Waals surface area contributed by atoms with Crippen molar-refractivity contribution in [1.82, 2.24) is 14.6 Å². The predicted molar refractivity (Wildman–Crippen MR) is 97.5 cm³/mol. The van der Waals surface area contributed by atoms with Gasteiger partial charge in [0.05, 0.1) is 16.5 Å². The van der Waals surface area contributed by atoms with E-state index in [0.29, 0.717) is 15.8 Å². The molecular formula is C19H17FN5O2+. The second-order valence-corrected chi connectivity index (χ2v) is 6.97. The summed E-state index contributed by atoms with van der Waals surface area (Å²) in [6.07, 6.45) is 0. The second-order valence-electron chi connectivity index (χ2n) is 6.97. The van der Waals surface area contributed by atoms with Gasteiger partial charge in [0.2, 0.25) is 11.6 Å². The van der Waals surface area contributed by atoms with Gasteiger partial charge >= 0.3 is 5.52 Å². The summed E-state index contributed by atoms with van der Waals surface area (Å²) in [5, 5.41) is 0. The second kappa shape index (κ2) is 5.68. The van der Waals surface area contributed by atoms with Crippen LogP contribution >= 0.6 is 0 Å². The quantitative estimate of drug-likeness (QED) is 0.476. The summed E-state index contributed by atoms with van der Waals surface area (Å²) >= 11 is 0. The molecule has 0 amide bonds. The lowest BCUT2D eigenvalue weighted by atomic mass is 10.1. The Kier molecular flexibility index (Phi) is 3.38. The summed E-state index contributed by atoms with van der Waals surface area (Å²) in [6.45, 7) is 3.65. The van der Waals surface area contributed by atoms with Crippen LogP contribution in [0.5, 0.6) is 0 Å². The van der Waals surface area contributed by atoms with Crippen LogP contribution in [0.4, 0.5) is 10.1 Å². The molecule has 0 atom stereocenters. The third-order valence-corrected chi connectivity index (χ3v) is 5.28.